The van der Waals surface area contributed by atoms with E-state index in [-0.39, 0.29) is 5.56 Å². The standard InChI is InChI=1S/C12H9BrN2O3S/c1-6-5-8(12(17)18)11(19-6)15-10(16)7-3-2-4-14-9(7)13/h2-5H,1H3,(H,15,16)(H,17,18). The van der Waals surface area contributed by atoms with Crippen molar-refractivity contribution in [3.63, 3.8) is 0 Å². The van der Waals surface area contributed by atoms with Gasteiger partial charge in [-0.3, -0.25) is 4.79 Å². The van der Waals surface area contributed by atoms with Gasteiger partial charge in [-0.15, -0.1) is 11.3 Å². The molecule has 5 nitrogen and oxygen atoms in total. The number of rotatable bonds is 3. The summed E-state index contributed by atoms with van der Waals surface area (Å²) >= 11 is 4.40. The second-order valence-electron chi connectivity index (χ2n) is 3.70. The van der Waals surface area contributed by atoms with Gasteiger partial charge < -0.3 is 10.4 Å². The Labute approximate surface area is 121 Å². The van der Waals surface area contributed by atoms with Gasteiger partial charge in [0.1, 0.15) is 9.60 Å². The number of amides is 1. The number of nitrogens with one attached hydrogen (secondary N) is 1. The Morgan fingerprint density at radius 2 is 2.16 bits per heavy atom. The second-order valence-corrected chi connectivity index (χ2v) is 5.71. The maximum atomic E-state index is 12.1. The molecule has 19 heavy (non-hydrogen) atoms. The van der Waals surface area contributed by atoms with Gasteiger partial charge in [0.15, 0.2) is 0 Å². The highest BCUT2D eigenvalue weighted by atomic mass is 79.9. The first kappa shape index (κ1) is 13.7. The van der Waals surface area contributed by atoms with Crippen LogP contribution in [0.2, 0.25) is 0 Å². The summed E-state index contributed by atoms with van der Waals surface area (Å²) in [5, 5.41) is 12.0. The molecular formula is C12H9BrN2O3S. The number of carboxylic acid groups (broad SMARTS) is 1. The summed E-state index contributed by atoms with van der Waals surface area (Å²) in [7, 11) is 0. The summed E-state index contributed by atoms with van der Waals surface area (Å²) in [5.41, 5.74) is 0.445. The van der Waals surface area contributed by atoms with E-state index < -0.39 is 11.9 Å². The number of carbonyl (C=O) groups is 2. The number of aromatic nitrogens is 1. The topological polar surface area (TPSA) is 79.3 Å². The molecule has 1 amide bonds. The number of anilines is 1. The lowest BCUT2D eigenvalue weighted by Crippen LogP contribution is -2.14. The smallest absolute Gasteiger partial charge is 0.338 e. The molecule has 98 valence electrons. The van der Waals surface area contributed by atoms with E-state index >= 15 is 0 Å². The van der Waals surface area contributed by atoms with Crippen LogP contribution in [0.1, 0.15) is 25.6 Å². The molecule has 0 bridgehead atoms. The number of aryl methyl sites for hydroxylation is 1. The van der Waals surface area contributed by atoms with Crippen molar-refractivity contribution in [2.45, 2.75) is 6.92 Å². The molecule has 0 spiro atoms. The average Bonchev–Trinajstić information content (AvgIpc) is 2.70. The summed E-state index contributed by atoms with van der Waals surface area (Å²) < 4.78 is 0.414. The third-order valence-electron chi connectivity index (χ3n) is 2.32. The zero-order chi connectivity index (χ0) is 14.0. The van der Waals surface area contributed by atoms with Gasteiger partial charge in [0.2, 0.25) is 0 Å². The normalized spacial score (nSPS) is 10.2. The van der Waals surface area contributed by atoms with E-state index in [2.05, 4.69) is 26.2 Å². The van der Waals surface area contributed by atoms with Crippen molar-refractivity contribution in [2.24, 2.45) is 0 Å². The van der Waals surface area contributed by atoms with Crippen molar-refractivity contribution in [3.8, 4) is 0 Å². The molecule has 0 unspecified atom stereocenters. The van der Waals surface area contributed by atoms with Crippen molar-refractivity contribution in [2.75, 3.05) is 5.32 Å². The number of halogens is 1. The molecule has 0 aromatic carbocycles. The van der Waals surface area contributed by atoms with E-state index in [1.165, 1.54) is 17.4 Å². The molecule has 0 atom stereocenters. The molecule has 0 aliphatic carbocycles. The lowest BCUT2D eigenvalue weighted by molar-refractivity contribution is 0.0698. The fraction of sp³-hybridized carbons (Fsp3) is 0.0833. The fourth-order valence-corrected chi connectivity index (χ4v) is 2.82. The molecule has 0 aliphatic heterocycles. The molecule has 2 rings (SSSR count). The van der Waals surface area contributed by atoms with Crippen LogP contribution in [-0.4, -0.2) is 22.0 Å². The van der Waals surface area contributed by atoms with Crippen LogP contribution in [0, 0.1) is 6.92 Å². The van der Waals surface area contributed by atoms with Gasteiger partial charge in [0.05, 0.1) is 11.1 Å². The Balaban J connectivity index is 2.29. The lowest BCUT2D eigenvalue weighted by atomic mass is 10.2. The maximum Gasteiger partial charge on any atom is 0.338 e. The minimum absolute atomic E-state index is 0.0934. The number of hydrogen-bond donors (Lipinski definition) is 2. The van der Waals surface area contributed by atoms with Crippen LogP contribution in [0.15, 0.2) is 29.0 Å². The molecule has 2 aromatic heterocycles. The van der Waals surface area contributed by atoms with Gasteiger partial charge in [-0.1, -0.05) is 0 Å². The van der Waals surface area contributed by atoms with E-state index in [9.17, 15) is 9.59 Å². The van der Waals surface area contributed by atoms with Crippen LogP contribution < -0.4 is 5.32 Å². The Morgan fingerprint density at radius 1 is 1.42 bits per heavy atom. The Bertz CT molecular complexity index is 654. The third kappa shape index (κ3) is 2.99. The van der Waals surface area contributed by atoms with Crippen molar-refractivity contribution < 1.29 is 14.7 Å². The predicted octanol–water partition coefficient (Wildman–Crippen LogP) is 3.16. The highest BCUT2D eigenvalue weighted by Crippen LogP contribution is 2.28. The first-order chi connectivity index (χ1) is 8.99. The Kier molecular flexibility index (Phi) is 3.96. The monoisotopic (exact) mass is 340 g/mol. The second kappa shape index (κ2) is 5.50. The van der Waals surface area contributed by atoms with E-state index in [0.717, 1.165) is 4.88 Å². The molecule has 7 heteroatoms. The van der Waals surface area contributed by atoms with Crippen LogP contribution in [0.4, 0.5) is 5.00 Å². The van der Waals surface area contributed by atoms with Gasteiger partial charge >= 0.3 is 5.97 Å². The molecule has 0 radical (unpaired) electrons. The highest BCUT2D eigenvalue weighted by molar-refractivity contribution is 9.10. The average molecular weight is 341 g/mol. The largest absolute Gasteiger partial charge is 0.478 e. The number of carboxylic acids is 1. The molecule has 0 aliphatic rings. The number of carbonyl (C=O) groups excluding carboxylic acids is 1. The van der Waals surface area contributed by atoms with Crippen molar-refractivity contribution in [1.29, 1.82) is 0 Å². The minimum atomic E-state index is -1.06. The number of nitrogens with zero attached hydrogens (tertiary/aromatic N) is 1. The SMILES string of the molecule is Cc1cc(C(=O)O)c(NC(=O)c2cccnc2Br)s1. The first-order valence-corrected chi connectivity index (χ1v) is 6.85. The van der Waals surface area contributed by atoms with Crippen LogP contribution in [0.25, 0.3) is 0 Å². The van der Waals surface area contributed by atoms with E-state index in [1.807, 2.05) is 0 Å². The van der Waals surface area contributed by atoms with E-state index in [4.69, 9.17) is 5.11 Å². The first-order valence-electron chi connectivity index (χ1n) is 5.24. The molecule has 2 N–H and O–H groups in total. The van der Waals surface area contributed by atoms with Gasteiger partial charge in [0.25, 0.3) is 5.91 Å². The molecule has 0 saturated heterocycles. The van der Waals surface area contributed by atoms with Gasteiger partial charge in [0, 0.05) is 11.1 Å². The van der Waals surface area contributed by atoms with E-state index in [1.54, 1.807) is 25.3 Å². The predicted molar refractivity (Wildman–Crippen MR) is 75.9 cm³/mol. The maximum absolute atomic E-state index is 12.1. The highest BCUT2D eigenvalue weighted by Gasteiger charge is 2.18. The summed E-state index contributed by atoms with van der Waals surface area (Å²) in [6.07, 6.45) is 1.55. The van der Waals surface area contributed by atoms with Crippen LogP contribution in [0.3, 0.4) is 0 Å². The van der Waals surface area contributed by atoms with Crippen molar-refractivity contribution in [1.82, 2.24) is 4.98 Å². The zero-order valence-electron chi connectivity index (χ0n) is 9.81. The Hall–Kier alpha value is -1.73. The van der Waals surface area contributed by atoms with Gasteiger partial charge in [-0.25, -0.2) is 9.78 Å². The van der Waals surface area contributed by atoms with E-state index in [0.29, 0.717) is 15.2 Å². The zero-order valence-corrected chi connectivity index (χ0v) is 12.2. The summed E-state index contributed by atoms with van der Waals surface area (Å²) in [6.45, 7) is 1.78. The summed E-state index contributed by atoms with van der Waals surface area (Å²) in [6, 6.07) is 4.77. The van der Waals surface area contributed by atoms with Crippen LogP contribution in [-0.2, 0) is 0 Å². The number of aromatic carboxylic acids is 1. The third-order valence-corrected chi connectivity index (χ3v) is 3.91. The summed E-state index contributed by atoms with van der Waals surface area (Å²) in [5.74, 6) is -1.46. The fourth-order valence-electron chi connectivity index (χ4n) is 1.49. The Morgan fingerprint density at radius 3 is 2.79 bits per heavy atom. The molecule has 2 heterocycles. The van der Waals surface area contributed by atoms with Gasteiger partial charge in [-0.05, 0) is 41.1 Å². The van der Waals surface area contributed by atoms with Crippen molar-refractivity contribution >= 4 is 44.1 Å². The summed E-state index contributed by atoms with van der Waals surface area (Å²) in [4.78, 5) is 27.9. The molecule has 2 aromatic rings. The minimum Gasteiger partial charge on any atom is -0.478 e. The van der Waals surface area contributed by atoms with Crippen LogP contribution in [0.5, 0.6) is 0 Å². The number of pyridine rings is 1. The molecule has 0 saturated carbocycles. The van der Waals surface area contributed by atoms with Crippen LogP contribution >= 0.6 is 27.3 Å². The van der Waals surface area contributed by atoms with Crippen molar-refractivity contribution in [3.05, 3.63) is 45.0 Å². The number of hydrogen-bond acceptors (Lipinski definition) is 4. The molecular weight excluding hydrogens is 332 g/mol. The quantitative estimate of drug-likeness (QED) is 0.841. The lowest BCUT2D eigenvalue weighted by Gasteiger charge is -2.05. The number of thiophene rings is 1. The molecule has 0 fully saturated rings. The van der Waals surface area contributed by atoms with Gasteiger partial charge in [-0.2, -0.15) is 0 Å².